The second-order valence-electron chi connectivity index (χ2n) is 6.36. The van der Waals surface area contributed by atoms with Gasteiger partial charge in [0.15, 0.2) is 0 Å². The smallest absolute Gasteiger partial charge is 0.257 e. The summed E-state index contributed by atoms with van der Waals surface area (Å²) in [6.07, 6.45) is 4.48. The average molecular weight is 391 g/mol. The van der Waals surface area contributed by atoms with E-state index < -0.39 is 0 Å². The van der Waals surface area contributed by atoms with E-state index in [1.807, 2.05) is 4.90 Å². The highest BCUT2D eigenvalue weighted by molar-refractivity contribution is 6.37. The van der Waals surface area contributed by atoms with E-state index in [1.165, 1.54) is 18.9 Å². The van der Waals surface area contributed by atoms with Crippen LogP contribution in [0.4, 0.5) is 5.69 Å². The Balaban J connectivity index is 1.67. The summed E-state index contributed by atoms with van der Waals surface area (Å²) >= 11 is 11.9. The van der Waals surface area contributed by atoms with E-state index in [9.17, 15) is 9.59 Å². The SMILES string of the molecule is O=C(Nc1ccc(C(=O)N2CCCCCC2)cc1)c1ccc(Cl)cc1Cl. The molecular formula is C20H20Cl2N2O2. The topological polar surface area (TPSA) is 49.4 Å². The predicted molar refractivity (Wildman–Crippen MR) is 105 cm³/mol. The maximum atomic E-state index is 12.6. The number of nitrogens with zero attached hydrogens (tertiary/aromatic N) is 1. The number of nitrogens with one attached hydrogen (secondary N) is 1. The second-order valence-corrected chi connectivity index (χ2v) is 7.21. The van der Waals surface area contributed by atoms with Gasteiger partial charge in [-0.25, -0.2) is 0 Å². The summed E-state index contributed by atoms with van der Waals surface area (Å²) in [4.78, 5) is 26.8. The molecule has 2 aromatic carbocycles. The second kappa shape index (κ2) is 8.56. The van der Waals surface area contributed by atoms with Gasteiger partial charge < -0.3 is 10.2 Å². The number of benzene rings is 2. The molecule has 2 amide bonds. The largest absolute Gasteiger partial charge is 0.339 e. The van der Waals surface area contributed by atoms with Gasteiger partial charge in [-0.3, -0.25) is 9.59 Å². The van der Waals surface area contributed by atoms with Crippen LogP contribution in [0.1, 0.15) is 46.4 Å². The fourth-order valence-electron chi connectivity index (χ4n) is 3.02. The van der Waals surface area contributed by atoms with Crippen LogP contribution in [0.3, 0.4) is 0 Å². The lowest BCUT2D eigenvalue weighted by Crippen LogP contribution is -2.31. The van der Waals surface area contributed by atoms with Crippen LogP contribution in [-0.2, 0) is 0 Å². The van der Waals surface area contributed by atoms with Gasteiger partial charge in [0.25, 0.3) is 11.8 Å². The third kappa shape index (κ3) is 4.57. The Morgan fingerprint density at radius 3 is 2.15 bits per heavy atom. The van der Waals surface area contributed by atoms with Gasteiger partial charge in [-0.1, -0.05) is 36.0 Å². The maximum Gasteiger partial charge on any atom is 0.257 e. The Hall–Kier alpha value is -2.04. The molecule has 1 heterocycles. The summed E-state index contributed by atoms with van der Waals surface area (Å²) in [5, 5.41) is 3.55. The summed E-state index contributed by atoms with van der Waals surface area (Å²) in [5.74, 6) is -0.274. The van der Waals surface area contributed by atoms with Crippen LogP contribution in [-0.4, -0.2) is 29.8 Å². The first-order chi connectivity index (χ1) is 12.5. The zero-order valence-corrected chi connectivity index (χ0v) is 15.8. The number of anilines is 1. The van der Waals surface area contributed by atoms with Crippen molar-refractivity contribution in [3.05, 3.63) is 63.6 Å². The molecule has 0 bridgehead atoms. The van der Waals surface area contributed by atoms with E-state index in [2.05, 4.69) is 5.32 Å². The van der Waals surface area contributed by atoms with Gasteiger partial charge >= 0.3 is 0 Å². The minimum absolute atomic E-state index is 0.0468. The zero-order chi connectivity index (χ0) is 18.5. The van der Waals surface area contributed by atoms with Gasteiger partial charge in [-0.2, -0.15) is 0 Å². The van der Waals surface area contributed by atoms with E-state index in [1.54, 1.807) is 36.4 Å². The summed E-state index contributed by atoms with van der Waals surface area (Å²) in [5.41, 5.74) is 1.59. The number of carbonyl (C=O) groups is 2. The van der Waals surface area contributed by atoms with Crippen LogP contribution in [0.2, 0.25) is 10.0 Å². The molecule has 0 atom stereocenters. The molecule has 0 unspecified atom stereocenters. The molecule has 2 aromatic rings. The van der Waals surface area contributed by atoms with E-state index in [0.717, 1.165) is 25.9 Å². The van der Waals surface area contributed by atoms with Crippen molar-refractivity contribution in [2.75, 3.05) is 18.4 Å². The third-order valence-corrected chi connectivity index (χ3v) is 5.01. The van der Waals surface area contributed by atoms with Gasteiger partial charge in [0.2, 0.25) is 0 Å². The Kier molecular flexibility index (Phi) is 6.17. The average Bonchev–Trinajstić information content (AvgIpc) is 2.91. The molecular weight excluding hydrogens is 371 g/mol. The third-order valence-electron chi connectivity index (χ3n) is 4.46. The number of hydrogen-bond donors (Lipinski definition) is 1. The van der Waals surface area contributed by atoms with Gasteiger partial charge in [0.1, 0.15) is 0 Å². The van der Waals surface area contributed by atoms with Crippen molar-refractivity contribution in [3.8, 4) is 0 Å². The standard InChI is InChI=1S/C20H20Cl2N2O2/c21-15-7-10-17(18(22)13-15)19(25)23-16-8-5-14(6-9-16)20(26)24-11-3-1-2-4-12-24/h5-10,13H,1-4,11-12H2,(H,23,25). The maximum absolute atomic E-state index is 12.6. The molecule has 0 spiro atoms. The molecule has 136 valence electrons. The normalized spacial score (nSPS) is 14.6. The monoisotopic (exact) mass is 390 g/mol. The van der Waals surface area contributed by atoms with Crippen molar-refractivity contribution < 1.29 is 9.59 Å². The van der Waals surface area contributed by atoms with Crippen molar-refractivity contribution in [1.29, 1.82) is 0 Å². The van der Waals surface area contributed by atoms with E-state index in [4.69, 9.17) is 23.2 Å². The predicted octanol–water partition coefficient (Wildman–Crippen LogP) is 5.26. The first-order valence-corrected chi connectivity index (χ1v) is 9.46. The molecule has 1 fully saturated rings. The van der Waals surface area contributed by atoms with Crippen molar-refractivity contribution in [1.82, 2.24) is 4.90 Å². The highest BCUT2D eigenvalue weighted by atomic mass is 35.5. The number of amides is 2. The number of hydrogen-bond acceptors (Lipinski definition) is 2. The van der Waals surface area contributed by atoms with Crippen LogP contribution in [0.15, 0.2) is 42.5 Å². The molecule has 26 heavy (non-hydrogen) atoms. The summed E-state index contributed by atoms with van der Waals surface area (Å²) < 4.78 is 0. The van der Waals surface area contributed by atoms with Crippen molar-refractivity contribution >= 4 is 40.7 Å². The van der Waals surface area contributed by atoms with Crippen molar-refractivity contribution in [2.24, 2.45) is 0 Å². The molecule has 6 heteroatoms. The summed E-state index contributed by atoms with van der Waals surface area (Å²) in [7, 11) is 0. The molecule has 4 nitrogen and oxygen atoms in total. The van der Waals surface area contributed by atoms with Crippen LogP contribution in [0.25, 0.3) is 0 Å². The Morgan fingerprint density at radius 2 is 1.54 bits per heavy atom. The molecule has 0 aliphatic carbocycles. The summed E-state index contributed by atoms with van der Waals surface area (Å²) in [6, 6.07) is 11.7. The van der Waals surface area contributed by atoms with Crippen LogP contribution < -0.4 is 5.32 Å². The first kappa shape index (κ1) is 18.7. The highest BCUT2D eigenvalue weighted by Gasteiger charge is 2.17. The number of rotatable bonds is 3. The Bertz CT molecular complexity index is 798. The molecule has 1 aliphatic rings. The van der Waals surface area contributed by atoms with Crippen molar-refractivity contribution in [3.63, 3.8) is 0 Å². The van der Waals surface area contributed by atoms with Crippen LogP contribution >= 0.6 is 23.2 Å². The Labute approximate surface area is 163 Å². The minimum Gasteiger partial charge on any atom is -0.339 e. The molecule has 0 radical (unpaired) electrons. The van der Waals surface area contributed by atoms with Crippen LogP contribution in [0.5, 0.6) is 0 Å². The minimum atomic E-state index is -0.321. The molecule has 1 N–H and O–H groups in total. The van der Waals surface area contributed by atoms with Crippen molar-refractivity contribution in [2.45, 2.75) is 25.7 Å². The number of likely N-dealkylation sites (tertiary alicyclic amines) is 1. The first-order valence-electron chi connectivity index (χ1n) is 8.70. The van der Waals surface area contributed by atoms with Gasteiger partial charge in [0.05, 0.1) is 10.6 Å². The fraction of sp³-hybridized carbons (Fsp3) is 0.300. The zero-order valence-electron chi connectivity index (χ0n) is 14.3. The van der Waals surface area contributed by atoms with E-state index in [0.29, 0.717) is 26.9 Å². The quantitative estimate of drug-likeness (QED) is 0.776. The number of carbonyl (C=O) groups excluding carboxylic acids is 2. The highest BCUT2D eigenvalue weighted by Crippen LogP contribution is 2.22. The molecule has 1 aliphatic heterocycles. The molecule has 1 saturated heterocycles. The molecule has 0 saturated carbocycles. The lowest BCUT2D eigenvalue weighted by Gasteiger charge is -2.20. The van der Waals surface area contributed by atoms with Gasteiger partial charge in [-0.15, -0.1) is 0 Å². The molecule has 3 rings (SSSR count). The number of halogens is 2. The van der Waals surface area contributed by atoms with E-state index >= 15 is 0 Å². The lowest BCUT2D eigenvalue weighted by atomic mass is 10.1. The molecule has 0 aromatic heterocycles. The van der Waals surface area contributed by atoms with E-state index in [-0.39, 0.29) is 11.8 Å². The summed E-state index contributed by atoms with van der Waals surface area (Å²) in [6.45, 7) is 1.62. The Morgan fingerprint density at radius 1 is 0.885 bits per heavy atom. The van der Waals surface area contributed by atoms with Crippen LogP contribution in [0, 0.1) is 0 Å². The fourth-order valence-corrected chi connectivity index (χ4v) is 3.52. The van der Waals surface area contributed by atoms with Gasteiger partial charge in [-0.05, 0) is 55.3 Å². The van der Waals surface area contributed by atoms with Gasteiger partial charge in [0, 0.05) is 29.4 Å². The lowest BCUT2D eigenvalue weighted by molar-refractivity contribution is 0.0761.